The third-order valence-corrected chi connectivity index (χ3v) is 2.80. The molecule has 0 N–H and O–H groups in total. The highest BCUT2D eigenvalue weighted by atomic mass is 35.5. The Hall–Kier alpha value is -1.43. The van der Waals surface area contributed by atoms with Crippen molar-refractivity contribution < 1.29 is 4.42 Å². The van der Waals surface area contributed by atoms with Gasteiger partial charge in [0.05, 0.1) is 21.9 Å². The fourth-order valence-electron chi connectivity index (χ4n) is 1.30. The van der Waals surface area contributed by atoms with Crippen molar-refractivity contribution in [3.63, 3.8) is 0 Å². The van der Waals surface area contributed by atoms with Gasteiger partial charge in [0.1, 0.15) is 11.8 Å². The first-order valence-corrected chi connectivity index (χ1v) is 4.91. The maximum Gasteiger partial charge on any atom is 0.135 e. The predicted molar refractivity (Wildman–Crippen MR) is 58.9 cm³/mol. The molecule has 74 valence electrons. The molecule has 1 aromatic carbocycles. The second-order valence-corrected chi connectivity index (χ2v) is 3.66. The number of nitriles is 1. The summed E-state index contributed by atoms with van der Waals surface area (Å²) in [6.45, 7) is 0. The Kier molecular flexibility index (Phi) is 2.68. The summed E-state index contributed by atoms with van der Waals surface area (Å²) in [6, 6.07) is 8.89. The van der Waals surface area contributed by atoms with Crippen molar-refractivity contribution in [1.29, 1.82) is 5.26 Å². The van der Waals surface area contributed by atoms with Crippen molar-refractivity contribution >= 4 is 23.2 Å². The number of rotatable bonds is 1. The molecular weight excluding hydrogens is 233 g/mol. The zero-order chi connectivity index (χ0) is 10.8. The third-order valence-electron chi connectivity index (χ3n) is 1.99. The van der Waals surface area contributed by atoms with Crippen LogP contribution in [0.15, 0.2) is 34.9 Å². The molecule has 0 unspecified atom stereocenters. The lowest BCUT2D eigenvalue weighted by Crippen LogP contribution is -1.85. The van der Waals surface area contributed by atoms with E-state index in [4.69, 9.17) is 32.9 Å². The van der Waals surface area contributed by atoms with Crippen molar-refractivity contribution in [3.8, 4) is 17.4 Å². The monoisotopic (exact) mass is 237 g/mol. The molecule has 0 aliphatic carbocycles. The van der Waals surface area contributed by atoms with E-state index in [0.717, 1.165) is 0 Å². The van der Waals surface area contributed by atoms with Crippen LogP contribution in [0.1, 0.15) is 5.56 Å². The van der Waals surface area contributed by atoms with Crippen LogP contribution in [0.4, 0.5) is 0 Å². The van der Waals surface area contributed by atoms with Crippen molar-refractivity contribution in [2.45, 2.75) is 0 Å². The highest BCUT2D eigenvalue weighted by molar-refractivity contribution is 6.43. The van der Waals surface area contributed by atoms with Crippen molar-refractivity contribution in [2.24, 2.45) is 0 Å². The minimum absolute atomic E-state index is 0.257. The second-order valence-electron chi connectivity index (χ2n) is 2.87. The van der Waals surface area contributed by atoms with Crippen LogP contribution in [0.25, 0.3) is 11.3 Å². The van der Waals surface area contributed by atoms with E-state index < -0.39 is 0 Å². The molecule has 4 heteroatoms. The highest BCUT2D eigenvalue weighted by Gasteiger charge is 2.13. The number of furan rings is 1. The molecule has 0 saturated carbocycles. The van der Waals surface area contributed by atoms with E-state index in [1.54, 1.807) is 30.5 Å². The van der Waals surface area contributed by atoms with Gasteiger partial charge in [-0.15, -0.1) is 0 Å². The van der Waals surface area contributed by atoms with Crippen LogP contribution in [0, 0.1) is 11.3 Å². The molecule has 2 aromatic rings. The maximum atomic E-state index is 8.99. The summed E-state index contributed by atoms with van der Waals surface area (Å²) in [5, 5.41) is 9.61. The Morgan fingerprint density at radius 1 is 1.20 bits per heavy atom. The Labute approximate surface area is 96.6 Å². The normalized spacial score (nSPS) is 9.93. The summed E-state index contributed by atoms with van der Waals surface area (Å²) >= 11 is 11.7. The zero-order valence-corrected chi connectivity index (χ0v) is 9.01. The SMILES string of the molecule is N#Cc1c(-c2ccco2)ccc(Cl)c1Cl. The Balaban J connectivity index is 2.69. The molecule has 2 nitrogen and oxygen atoms in total. The van der Waals surface area contributed by atoms with E-state index in [2.05, 4.69) is 0 Å². The van der Waals surface area contributed by atoms with E-state index in [1.165, 1.54) is 0 Å². The molecule has 0 aliphatic rings. The van der Waals surface area contributed by atoms with Gasteiger partial charge in [0.25, 0.3) is 0 Å². The van der Waals surface area contributed by atoms with Crippen molar-refractivity contribution in [3.05, 3.63) is 46.1 Å². The molecule has 0 spiro atoms. The molecule has 0 aliphatic heterocycles. The zero-order valence-electron chi connectivity index (χ0n) is 7.50. The molecule has 1 heterocycles. The Bertz CT molecular complexity index is 526. The van der Waals surface area contributed by atoms with E-state index in [-0.39, 0.29) is 5.02 Å². The number of halogens is 2. The quantitative estimate of drug-likeness (QED) is 0.748. The standard InChI is InChI=1S/C11H5Cl2NO/c12-9-4-3-7(8(6-14)11(9)13)10-2-1-5-15-10/h1-5H. The summed E-state index contributed by atoms with van der Waals surface area (Å²) in [5.41, 5.74) is 0.982. The minimum atomic E-state index is 0.257. The number of hydrogen-bond donors (Lipinski definition) is 0. The minimum Gasteiger partial charge on any atom is -0.464 e. The smallest absolute Gasteiger partial charge is 0.135 e. The molecule has 0 fully saturated rings. The van der Waals surface area contributed by atoms with E-state index in [9.17, 15) is 0 Å². The molecule has 15 heavy (non-hydrogen) atoms. The Morgan fingerprint density at radius 2 is 2.00 bits per heavy atom. The van der Waals surface area contributed by atoms with Crippen LogP contribution < -0.4 is 0 Å². The van der Waals surface area contributed by atoms with Gasteiger partial charge in [-0.05, 0) is 24.3 Å². The molecule has 0 atom stereocenters. The predicted octanol–water partition coefficient (Wildman–Crippen LogP) is 4.13. The average molecular weight is 238 g/mol. The van der Waals surface area contributed by atoms with Gasteiger partial charge in [-0.1, -0.05) is 23.2 Å². The molecule has 0 amide bonds. The summed E-state index contributed by atoms with van der Waals surface area (Å²) in [4.78, 5) is 0. The molecule has 0 saturated heterocycles. The van der Waals surface area contributed by atoms with Gasteiger partial charge in [0, 0.05) is 5.56 Å². The second kappa shape index (κ2) is 3.98. The fraction of sp³-hybridized carbons (Fsp3) is 0. The van der Waals surface area contributed by atoms with Crippen LogP contribution in [-0.2, 0) is 0 Å². The number of nitrogens with zero attached hydrogens (tertiary/aromatic N) is 1. The number of hydrogen-bond acceptors (Lipinski definition) is 2. The van der Waals surface area contributed by atoms with E-state index in [0.29, 0.717) is 21.9 Å². The van der Waals surface area contributed by atoms with Crippen LogP contribution in [-0.4, -0.2) is 0 Å². The lowest BCUT2D eigenvalue weighted by atomic mass is 10.1. The van der Waals surface area contributed by atoms with Gasteiger partial charge in [0.15, 0.2) is 0 Å². The van der Waals surface area contributed by atoms with Crippen molar-refractivity contribution in [2.75, 3.05) is 0 Å². The van der Waals surface area contributed by atoms with E-state index >= 15 is 0 Å². The first-order chi connectivity index (χ1) is 7.24. The van der Waals surface area contributed by atoms with Gasteiger partial charge in [-0.3, -0.25) is 0 Å². The molecular formula is C11H5Cl2NO. The summed E-state index contributed by atoms with van der Waals surface area (Å²) in [5.74, 6) is 0.602. The Morgan fingerprint density at radius 3 is 2.60 bits per heavy atom. The lowest BCUT2D eigenvalue weighted by molar-refractivity contribution is 0.582. The first-order valence-electron chi connectivity index (χ1n) is 4.16. The summed E-state index contributed by atoms with van der Waals surface area (Å²) in [7, 11) is 0. The molecule has 0 radical (unpaired) electrons. The average Bonchev–Trinajstić information content (AvgIpc) is 2.75. The lowest BCUT2D eigenvalue weighted by Gasteiger charge is -2.03. The summed E-state index contributed by atoms with van der Waals surface area (Å²) < 4.78 is 5.20. The van der Waals surface area contributed by atoms with E-state index in [1.807, 2.05) is 6.07 Å². The van der Waals surface area contributed by atoms with Crippen LogP contribution >= 0.6 is 23.2 Å². The molecule has 1 aromatic heterocycles. The third kappa shape index (κ3) is 1.72. The summed E-state index contributed by atoms with van der Waals surface area (Å²) in [6.07, 6.45) is 1.54. The van der Waals surface area contributed by atoms with Gasteiger partial charge in [-0.25, -0.2) is 0 Å². The fourth-order valence-corrected chi connectivity index (χ4v) is 1.66. The van der Waals surface area contributed by atoms with Crippen molar-refractivity contribution in [1.82, 2.24) is 0 Å². The maximum absolute atomic E-state index is 8.99. The van der Waals surface area contributed by atoms with Crippen LogP contribution in [0.3, 0.4) is 0 Å². The van der Waals surface area contributed by atoms with Gasteiger partial charge in [0.2, 0.25) is 0 Å². The molecule has 2 rings (SSSR count). The first kappa shape index (κ1) is 10.1. The highest BCUT2D eigenvalue weighted by Crippen LogP contribution is 2.33. The van der Waals surface area contributed by atoms with Gasteiger partial charge < -0.3 is 4.42 Å². The number of benzene rings is 1. The van der Waals surface area contributed by atoms with Crippen LogP contribution in [0.5, 0.6) is 0 Å². The topological polar surface area (TPSA) is 36.9 Å². The van der Waals surface area contributed by atoms with Gasteiger partial charge >= 0.3 is 0 Å². The largest absolute Gasteiger partial charge is 0.464 e. The van der Waals surface area contributed by atoms with Gasteiger partial charge in [-0.2, -0.15) is 5.26 Å². The molecule has 0 bridgehead atoms. The van der Waals surface area contributed by atoms with Crippen LogP contribution in [0.2, 0.25) is 10.0 Å².